The molecule has 1 heterocycles. The van der Waals surface area contributed by atoms with Crippen molar-refractivity contribution in [2.24, 2.45) is 0 Å². The molecule has 0 aliphatic carbocycles. The molecule has 0 aromatic heterocycles. The Balaban J connectivity index is 2.46. The molecule has 0 fully saturated rings. The standard InChI is InChI=1S/C12H9NO2S/c1-13-12(14)10-7-6-8-4-2-3-5-9(8)11(10)16(13)15/h2-7H,1H3. The van der Waals surface area contributed by atoms with Crippen LogP contribution in [0, 0.1) is 0 Å². The summed E-state index contributed by atoms with van der Waals surface area (Å²) in [6.07, 6.45) is 0. The van der Waals surface area contributed by atoms with Crippen molar-refractivity contribution in [1.29, 1.82) is 0 Å². The zero-order valence-corrected chi connectivity index (χ0v) is 9.45. The summed E-state index contributed by atoms with van der Waals surface area (Å²) < 4.78 is 13.3. The van der Waals surface area contributed by atoms with Gasteiger partial charge in [-0.3, -0.25) is 9.10 Å². The highest BCUT2D eigenvalue weighted by Crippen LogP contribution is 2.32. The van der Waals surface area contributed by atoms with E-state index < -0.39 is 11.0 Å². The lowest BCUT2D eigenvalue weighted by molar-refractivity contribution is 0.0895. The third kappa shape index (κ3) is 1.08. The predicted molar refractivity (Wildman–Crippen MR) is 62.4 cm³/mol. The number of nitrogens with zero attached hydrogens (tertiary/aromatic N) is 1. The first-order valence-corrected chi connectivity index (χ1v) is 6.02. The molecule has 3 nitrogen and oxygen atoms in total. The van der Waals surface area contributed by atoms with E-state index in [0.29, 0.717) is 10.5 Å². The molecule has 0 radical (unpaired) electrons. The molecule has 1 aliphatic heterocycles. The highest BCUT2D eigenvalue weighted by molar-refractivity contribution is 7.84. The molecule has 0 bridgehead atoms. The van der Waals surface area contributed by atoms with Crippen LogP contribution < -0.4 is 0 Å². The Kier molecular flexibility index (Phi) is 1.88. The maximum atomic E-state index is 12.0. The first kappa shape index (κ1) is 9.54. The maximum absolute atomic E-state index is 12.0. The van der Waals surface area contributed by atoms with Gasteiger partial charge in [-0.2, -0.15) is 0 Å². The number of amides is 1. The minimum absolute atomic E-state index is 0.168. The first-order chi connectivity index (χ1) is 7.70. The Hall–Kier alpha value is -1.68. The zero-order valence-electron chi connectivity index (χ0n) is 8.64. The summed E-state index contributed by atoms with van der Waals surface area (Å²) in [6.45, 7) is 0. The molecule has 1 atom stereocenters. The third-order valence-corrected chi connectivity index (χ3v) is 4.27. The summed E-state index contributed by atoms with van der Waals surface area (Å²) in [4.78, 5) is 12.4. The number of fused-ring (bicyclic) bond motifs is 3. The fourth-order valence-electron chi connectivity index (χ4n) is 1.98. The molecule has 1 aliphatic rings. The first-order valence-electron chi connectivity index (χ1n) is 4.92. The highest BCUT2D eigenvalue weighted by Gasteiger charge is 2.32. The number of hydrogen-bond donors (Lipinski definition) is 0. The maximum Gasteiger partial charge on any atom is 0.266 e. The largest absolute Gasteiger partial charge is 0.268 e. The normalized spacial score (nSPS) is 19.2. The van der Waals surface area contributed by atoms with Crippen LogP contribution in [0.25, 0.3) is 10.8 Å². The molecular formula is C12H9NO2S. The Labute approximate surface area is 95.3 Å². The highest BCUT2D eigenvalue weighted by atomic mass is 32.2. The van der Waals surface area contributed by atoms with Crippen LogP contribution in [0.2, 0.25) is 0 Å². The molecule has 80 valence electrons. The Bertz CT molecular complexity index is 636. The lowest BCUT2D eigenvalue weighted by atomic mass is 10.1. The Morgan fingerprint density at radius 2 is 1.88 bits per heavy atom. The second kappa shape index (κ2) is 3.15. The second-order valence-electron chi connectivity index (χ2n) is 3.72. The van der Waals surface area contributed by atoms with Gasteiger partial charge in [0.25, 0.3) is 5.91 Å². The van der Waals surface area contributed by atoms with E-state index in [9.17, 15) is 9.00 Å². The number of carbonyl (C=O) groups excluding carboxylic acids is 1. The summed E-state index contributed by atoms with van der Waals surface area (Å²) >= 11 is 0. The van der Waals surface area contributed by atoms with Crippen molar-refractivity contribution in [3.05, 3.63) is 42.0 Å². The lowest BCUT2D eigenvalue weighted by Crippen LogP contribution is -2.20. The molecule has 16 heavy (non-hydrogen) atoms. The summed E-state index contributed by atoms with van der Waals surface area (Å²) in [6, 6.07) is 11.3. The van der Waals surface area contributed by atoms with Crippen molar-refractivity contribution < 1.29 is 9.00 Å². The van der Waals surface area contributed by atoms with Crippen LogP contribution in [0.3, 0.4) is 0 Å². The van der Waals surface area contributed by atoms with Crippen molar-refractivity contribution in [3.63, 3.8) is 0 Å². The van der Waals surface area contributed by atoms with Gasteiger partial charge < -0.3 is 0 Å². The second-order valence-corrected chi connectivity index (χ2v) is 5.17. The molecule has 3 rings (SSSR count). The molecular weight excluding hydrogens is 222 g/mol. The van der Waals surface area contributed by atoms with E-state index in [1.54, 1.807) is 13.1 Å². The van der Waals surface area contributed by atoms with E-state index >= 15 is 0 Å². The molecule has 0 spiro atoms. The minimum atomic E-state index is -1.36. The van der Waals surface area contributed by atoms with Crippen LogP contribution in [0.4, 0.5) is 0 Å². The summed E-state index contributed by atoms with van der Waals surface area (Å²) in [7, 11) is 0.199. The van der Waals surface area contributed by atoms with E-state index in [1.165, 1.54) is 4.31 Å². The summed E-state index contributed by atoms with van der Waals surface area (Å²) in [5.74, 6) is -0.168. The molecule has 1 amide bonds. The van der Waals surface area contributed by atoms with E-state index in [2.05, 4.69) is 0 Å². The van der Waals surface area contributed by atoms with Gasteiger partial charge in [-0.15, -0.1) is 0 Å². The van der Waals surface area contributed by atoms with E-state index in [4.69, 9.17) is 0 Å². The van der Waals surface area contributed by atoms with Crippen molar-refractivity contribution >= 4 is 27.7 Å². The third-order valence-electron chi connectivity index (χ3n) is 2.82. The minimum Gasteiger partial charge on any atom is -0.268 e. The fraction of sp³-hybridized carbons (Fsp3) is 0.0833. The van der Waals surface area contributed by atoms with Gasteiger partial charge in [0.1, 0.15) is 0 Å². The Morgan fingerprint density at radius 1 is 1.12 bits per heavy atom. The molecule has 0 saturated heterocycles. The van der Waals surface area contributed by atoms with Gasteiger partial charge >= 0.3 is 0 Å². The molecule has 0 saturated carbocycles. The predicted octanol–water partition coefficient (Wildman–Crippen LogP) is 1.95. The van der Waals surface area contributed by atoms with E-state index in [1.807, 2.05) is 30.3 Å². The van der Waals surface area contributed by atoms with Gasteiger partial charge in [-0.05, 0) is 11.5 Å². The quantitative estimate of drug-likeness (QED) is 0.695. The average molecular weight is 231 g/mol. The monoisotopic (exact) mass is 231 g/mol. The van der Waals surface area contributed by atoms with Crippen LogP contribution in [-0.2, 0) is 11.0 Å². The lowest BCUT2D eigenvalue weighted by Gasteiger charge is -2.04. The van der Waals surface area contributed by atoms with Crippen molar-refractivity contribution in [3.8, 4) is 0 Å². The topological polar surface area (TPSA) is 37.4 Å². The van der Waals surface area contributed by atoms with Crippen molar-refractivity contribution in [2.75, 3.05) is 7.05 Å². The number of hydrogen-bond acceptors (Lipinski definition) is 2. The zero-order chi connectivity index (χ0) is 11.3. The van der Waals surface area contributed by atoms with Gasteiger partial charge in [0.05, 0.1) is 10.5 Å². The molecule has 4 heteroatoms. The Morgan fingerprint density at radius 3 is 2.69 bits per heavy atom. The number of rotatable bonds is 0. The van der Waals surface area contributed by atoms with Gasteiger partial charge in [-0.25, -0.2) is 4.21 Å². The molecule has 2 aromatic rings. The van der Waals surface area contributed by atoms with Crippen LogP contribution in [0.1, 0.15) is 10.4 Å². The van der Waals surface area contributed by atoms with Crippen LogP contribution >= 0.6 is 0 Å². The van der Waals surface area contributed by atoms with Gasteiger partial charge in [-0.1, -0.05) is 30.3 Å². The molecule has 1 unspecified atom stereocenters. The van der Waals surface area contributed by atoms with Crippen LogP contribution in [0.5, 0.6) is 0 Å². The van der Waals surface area contributed by atoms with Gasteiger partial charge in [0, 0.05) is 12.4 Å². The van der Waals surface area contributed by atoms with Gasteiger partial charge in [0.15, 0.2) is 11.0 Å². The molecule has 0 N–H and O–H groups in total. The van der Waals surface area contributed by atoms with Gasteiger partial charge in [0.2, 0.25) is 0 Å². The molecule has 2 aromatic carbocycles. The van der Waals surface area contributed by atoms with Crippen LogP contribution in [0.15, 0.2) is 41.3 Å². The van der Waals surface area contributed by atoms with E-state index in [0.717, 1.165) is 10.8 Å². The average Bonchev–Trinajstić information content (AvgIpc) is 2.55. The smallest absolute Gasteiger partial charge is 0.266 e. The summed E-state index contributed by atoms with van der Waals surface area (Å²) in [5, 5.41) is 1.91. The number of carbonyl (C=O) groups is 1. The SMILES string of the molecule is CN1C(=O)c2ccc3ccccc3c2S1=O. The number of benzene rings is 2. The van der Waals surface area contributed by atoms with Crippen molar-refractivity contribution in [2.45, 2.75) is 4.90 Å². The fourth-order valence-corrected chi connectivity index (χ4v) is 3.22. The summed E-state index contributed by atoms with van der Waals surface area (Å²) in [5.41, 5.74) is 0.555. The van der Waals surface area contributed by atoms with E-state index in [-0.39, 0.29) is 5.91 Å². The van der Waals surface area contributed by atoms with Crippen molar-refractivity contribution in [1.82, 2.24) is 4.31 Å². The van der Waals surface area contributed by atoms with Crippen LogP contribution in [-0.4, -0.2) is 21.5 Å².